The monoisotopic (exact) mass is 540 g/mol. The minimum atomic E-state index is -3.39. The summed E-state index contributed by atoms with van der Waals surface area (Å²) >= 11 is 12.2. The van der Waals surface area contributed by atoms with Gasteiger partial charge in [0.1, 0.15) is 0 Å². The van der Waals surface area contributed by atoms with E-state index in [4.69, 9.17) is 23.2 Å². The molecule has 10 heteroatoms. The molecule has 0 aromatic heterocycles. The number of rotatable bonds is 9. The molecule has 0 spiro atoms. The van der Waals surface area contributed by atoms with Gasteiger partial charge in [-0.25, -0.2) is 13.2 Å². The van der Waals surface area contributed by atoms with Crippen molar-refractivity contribution < 1.29 is 13.2 Å². The molecule has 3 rings (SSSR count). The summed E-state index contributed by atoms with van der Waals surface area (Å²) in [5.74, 6) is 0.859. The van der Waals surface area contributed by atoms with Gasteiger partial charge in [-0.2, -0.15) is 0 Å². The van der Waals surface area contributed by atoms with Gasteiger partial charge in [-0.15, -0.1) is 0 Å². The molecular weight excluding hydrogens is 507 g/mol. The minimum absolute atomic E-state index is 0.0149. The standard InChI is InChI=1S/C25H34Cl2N4O3S/c1-17(2)24(29-25(32)28-20-5-4-6-21(15-20)30-35(3,33)34)16-31-11-9-18(10-12-31)13-19-7-8-22(26)23(27)14-19/h4-8,14-15,17-18,24,30H,9-13,16H2,1-3H3,(H2,28,29,32). The Balaban J connectivity index is 1.49. The van der Waals surface area contributed by atoms with Gasteiger partial charge >= 0.3 is 6.03 Å². The van der Waals surface area contributed by atoms with Crippen molar-refractivity contribution >= 4 is 50.6 Å². The third kappa shape index (κ3) is 9.18. The molecule has 1 aliphatic rings. The van der Waals surface area contributed by atoms with Crippen molar-refractivity contribution in [1.82, 2.24) is 10.2 Å². The predicted molar refractivity (Wildman–Crippen MR) is 145 cm³/mol. The molecule has 2 amide bonds. The quantitative estimate of drug-likeness (QED) is 0.393. The topological polar surface area (TPSA) is 90.5 Å². The summed E-state index contributed by atoms with van der Waals surface area (Å²) in [4.78, 5) is 15.1. The van der Waals surface area contributed by atoms with Gasteiger partial charge in [-0.05, 0) is 80.1 Å². The molecule has 1 saturated heterocycles. The Bertz CT molecular complexity index is 1120. The zero-order chi connectivity index (χ0) is 25.6. The van der Waals surface area contributed by atoms with Crippen LogP contribution >= 0.6 is 23.2 Å². The van der Waals surface area contributed by atoms with Crippen molar-refractivity contribution in [3.8, 4) is 0 Å². The summed E-state index contributed by atoms with van der Waals surface area (Å²) in [5.41, 5.74) is 2.13. The third-order valence-electron chi connectivity index (χ3n) is 6.22. The molecule has 2 aromatic rings. The molecule has 3 N–H and O–H groups in total. The number of piperidine rings is 1. The maximum Gasteiger partial charge on any atom is 0.319 e. The van der Waals surface area contributed by atoms with Crippen LogP contribution in [0.4, 0.5) is 16.2 Å². The Hall–Kier alpha value is -2.00. The van der Waals surface area contributed by atoms with Crippen molar-refractivity contribution in [3.63, 3.8) is 0 Å². The fraction of sp³-hybridized carbons (Fsp3) is 0.480. The van der Waals surface area contributed by atoms with Crippen LogP contribution < -0.4 is 15.4 Å². The molecule has 2 aromatic carbocycles. The predicted octanol–water partition coefficient (Wildman–Crippen LogP) is 5.47. The first-order chi connectivity index (χ1) is 16.5. The SMILES string of the molecule is CC(C)C(CN1CCC(Cc2ccc(Cl)c(Cl)c2)CC1)NC(=O)Nc1cccc(NS(C)(=O)=O)c1. The molecule has 1 fully saturated rings. The number of urea groups is 1. The lowest BCUT2D eigenvalue weighted by Crippen LogP contribution is -2.49. The van der Waals surface area contributed by atoms with Crippen LogP contribution in [0.1, 0.15) is 32.3 Å². The maximum atomic E-state index is 12.7. The Kier molecular flexibility index (Phi) is 9.69. The fourth-order valence-electron chi connectivity index (χ4n) is 4.28. The van der Waals surface area contributed by atoms with Gasteiger partial charge in [0.15, 0.2) is 0 Å². The number of sulfonamides is 1. The first kappa shape index (κ1) is 27.6. The summed E-state index contributed by atoms with van der Waals surface area (Å²) in [7, 11) is -3.39. The number of nitrogens with one attached hydrogen (secondary N) is 3. The molecule has 0 bridgehead atoms. The second kappa shape index (κ2) is 12.3. The normalized spacial score (nSPS) is 16.2. The van der Waals surface area contributed by atoms with E-state index in [2.05, 4.69) is 34.1 Å². The van der Waals surface area contributed by atoms with E-state index in [0.717, 1.165) is 45.2 Å². The molecule has 0 aliphatic carbocycles. The van der Waals surface area contributed by atoms with E-state index in [1.165, 1.54) is 5.56 Å². The highest BCUT2D eigenvalue weighted by Crippen LogP contribution is 2.27. The first-order valence-corrected chi connectivity index (χ1v) is 14.4. The lowest BCUT2D eigenvalue weighted by molar-refractivity contribution is 0.157. The van der Waals surface area contributed by atoms with Crippen LogP contribution in [0, 0.1) is 11.8 Å². The van der Waals surface area contributed by atoms with Crippen molar-refractivity contribution in [2.45, 2.75) is 39.2 Å². The minimum Gasteiger partial charge on any atom is -0.334 e. The second-order valence-electron chi connectivity index (χ2n) is 9.60. The highest BCUT2D eigenvalue weighted by Gasteiger charge is 2.24. The summed E-state index contributed by atoms with van der Waals surface area (Å²) in [6.45, 7) is 6.94. The van der Waals surface area contributed by atoms with Gasteiger partial charge in [0.2, 0.25) is 10.0 Å². The van der Waals surface area contributed by atoms with Crippen LogP contribution in [-0.4, -0.2) is 51.3 Å². The summed E-state index contributed by atoms with van der Waals surface area (Å²) in [6.07, 6.45) is 4.27. The van der Waals surface area contributed by atoms with Gasteiger partial charge in [0, 0.05) is 18.3 Å². The summed E-state index contributed by atoms with van der Waals surface area (Å²) in [5, 5.41) is 7.08. The largest absolute Gasteiger partial charge is 0.334 e. The molecule has 192 valence electrons. The molecule has 1 aliphatic heterocycles. The Morgan fingerprint density at radius 3 is 2.37 bits per heavy atom. The Morgan fingerprint density at radius 2 is 1.74 bits per heavy atom. The lowest BCUT2D eigenvalue weighted by atomic mass is 9.89. The van der Waals surface area contributed by atoms with Crippen LogP contribution in [0.3, 0.4) is 0 Å². The number of hydrogen-bond donors (Lipinski definition) is 3. The number of halogens is 2. The van der Waals surface area contributed by atoms with Crippen LogP contribution in [0.2, 0.25) is 10.0 Å². The summed E-state index contributed by atoms with van der Waals surface area (Å²) < 4.78 is 25.3. The molecule has 0 saturated carbocycles. The highest BCUT2D eigenvalue weighted by molar-refractivity contribution is 7.92. The van der Waals surface area contributed by atoms with Gasteiger partial charge in [0.25, 0.3) is 0 Å². The molecule has 35 heavy (non-hydrogen) atoms. The maximum absolute atomic E-state index is 12.7. The van der Waals surface area contributed by atoms with E-state index < -0.39 is 10.0 Å². The van der Waals surface area contributed by atoms with E-state index in [1.807, 2.05) is 18.2 Å². The van der Waals surface area contributed by atoms with Crippen LogP contribution in [-0.2, 0) is 16.4 Å². The van der Waals surface area contributed by atoms with Crippen LogP contribution in [0.15, 0.2) is 42.5 Å². The molecule has 7 nitrogen and oxygen atoms in total. The first-order valence-electron chi connectivity index (χ1n) is 11.8. The molecule has 0 radical (unpaired) electrons. The van der Waals surface area contributed by atoms with Crippen molar-refractivity contribution in [2.24, 2.45) is 11.8 Å². The number of carbonyl (C=O) groups is 1. The number of hydrogen-bond acceptors (Lipinski definition) is 4. The molecule has 1 unspecified atom stereocenters. The molecular formula is C25H34Cl2N4O3S. The fourth-order valence-corrected chi connectivity index (χ4v) is 5.16. The average molecular weight is 542 g/mol. The summed E-state index contributed by atoms with van der Waals surface area (Å²) in [6, 6.07) is 12.2. The van der Waals surface area contributed by atoms with Gasteiger partial charge < -0.3 is 15.5 Å². The smallest absolute Gasteiger partial charge is 0.319 e. The molecule has 1 heterocycles. The second-order valence-corrected chi connectivity index (χ2v) is 12.2. The zero-order valence-electron chi connectivity index (χ0n) is 20.4. The number of nitrogens with zero attached hydrogens (tertiary/aromatic N) is 1. The number of amides is 2. The van der Waals surface area contributed by atoms with E-state index in [-0.39, 0.29) is 18.0 Å². The van der Waals surface area contributed by atoms with E-state index >= 15 is 0 Å². The van der Waals surface area contributed by atoms with Crippen molar-refractivity contribution in [3.05, 3.63) is 58.1 Å². The zero-order valence-corrected chi connectivity index (χ0v) is 22.7. The van der Waals surface area contributed by atoms with Gasteiger partial charge in [0.05, 0.1) is 22.0 Å². The van der Waals surface area contributed by atoms with Gasteiger partial charge in [-0.1, -0.05) is 49.2 Å². The Labute approximate surface area is 218 Å². The van der Waals surface area contributed by atoms with E-state index in [9.17, 15) is 13.2 Å². The number of anilines is 2. The lowest BCUT2D eigenvalue weighted by Gasteiger charge is -2.35. The van der Waals surface area contributed by atoms with Crippen LogP contribution in [0.5, 0.6) is 0 Å². The van der Waals surface area contributed by atoms with Crippen LogP contribution in [0.25, 0.3) is 0 Å². The average Bonchev–Trinajstić information content (AvgIpc) is 2.76. The van der Waals surface area contributed by atoms with Crippen molar-refractivity contribution in [1.29, 1.82) is 0 Å². The van der Waals surface area contributed by atoms with E-state index in [0.29, 0.717) is 27.3 Å². The number of likely N-dealkylation sites (tertiary alicyclic amines) is 1. The number of benzene rings is 2. The van der Waals surface area contributed by atoms with Gasteiger partial charge in [-0.3, -0.25) is 4.72 Å². The Morgan fingerprint density at radius 1 is 1.06 bits per heavy atom. The molecule has 1 atom stereocenters. The number of carbonyl (C=O) groups excluding carboxylic acids is 1. The van der Waals surface area contributed by atoms with E-state index in [1.54, 1.807) is 24.3 Å². The highest BCUT2D eigenvalue weighted by atomic mass is 35.5. The van der Waals surface area contributed by atoms with Crippen molar-refractivity contribution in [2.75, 3.05) is 35.9 Å². The third-order valence-corrected chi connectivity index (χ3v) is 7.56.